The molecule has 2 aliphatic rings. The fraction of sp³-hybridized carbons (Fsp3) is 0.600. The second-order valence-electron chi connectivity index (χ2n) is 6.00. The van der Waals surface area contributed by atoms with Gasteiger partial charge in [-0.05, 0) is 25.8 Å². The van der Waals surface area contributed by atoms with Crippen molar-refractivity contribution in [3.63, 3.8) is 0 Å². The van der Waals surface area contributed by atoms with Gasteiger partial charge in [0.25, 0.3) is 5.91 Å². The Balaban J connectivity index is 1.72. The van der Waals surface area contributed by atoms with Crippen LogP contribution in [0.2, 0.25) is 0 Å². The van der Waals surface area contributed by atoms with Crippen molar-refractivity contribution < 1.29 is 14.3 Å². The first-order valence-electron chi connectivity index (χ1n) is 7.39. The number of likely N-dealkylation sites (tertiary alicyclic amines) is 1. The molecule has 21 heavy (non-hydrogen) atoms. The van der Waals surface area contributed by atoms with Gasteiger partial charge < -0.3 is 19.5 Å². The van der Waals surface area contributed by atoms with Gasteiger partial charge in [0.1, 0.15) is 5.60 Å². The number of aryl methyl sites for hydroxylation is 1. The van der Waals surface area contributed by atoms with E-state index in [1.165, 1.54) is 0 Å². The maximum absolute atomic E-state index is 12.6. The minimum atomic E-state index is -0.419. The number of alkyl carbamates (subject to hydrolysis) is 1. The Kier molecular flexibility index (Phi) is 3.39. The molecule has 0 aromatic carbocycles. The molecule has 114 valence electrons. The van der Waals surface area contributed by atoms with E-state index in [-0.39, 0.29) is 12.0 Å². The summed E-state index contributed by atoms with van der Waals surface area (Å²) in [5.74, 6) is 0.0717. The Bertz CT molecular complexity index is 581. The maximum atomic E-state index is 12.6. The lowest BCUT2D eigenvalue weighted by Gasteiger charge is -2.25. The average molecular weight is 291 g/mol. The molecule has 3 rings (SSSR count). The number of carbonyl (C=O) groups excluding carboxylic acids is 2. The predicted octanol–water partition coefficient (Wildman–Crippen LogP) is 1.44. The van der Waals surface area contributed by atoms with Crippen molar-refractivity contribution >= 4 is 12.0 Å². The van der Waals surface area contributed by atoms with E-state index in [2.05, 4.69) is 5.32 Å². The summed E-state index contributed by atoms with van der Waals surface area (Å²) in [6.45, 7) is 3.85. The first-order valence-corrected chi connectivity index (χ1v) is 7.39. The van der Waals surface area contributed by atoms with Gasteiger partial charge in [0, 0.05) is 38.4 Å². The van der Waals surface area contributed by atoms with Crippen LogP contribution in [0.5, 0.6) is 0 Å². The molecular weight excluding hydrogens is 270 g/mol. The third-order valence-electron chi connectivity index (χ3n) is 4.66. The summed E-state index contributed by atoms with van der Waals surface area (Å²) in [4.78, 5) is 25.8. The van der Waals surface area contributed by atoms with Crippen LogP contribution in [0.1, 0.15) is 35.3 Å². The van der Waals surface area contributed by atoms with Crippen LogP contribution in [0.15, 0.2) is 12.3 Å². The molecule has 0 saturated carbocycles. The summed E-state index contributed by atoms with van der Waals surface area (Å²) in [7, 11) is 1.94. The molecule has 1 atom stereocenters. The fourth-order valence-corrected chi connectivity index (χ4v) is 3.16. The van der Waals surface area contributed by atoms with E-state index >= 15 is 0 Å². The summed E-state index contributed by atoms with van der Waals surface area (Å²) in [5.41, 5.74) is 1.32. The molecule has 6 heteroatoms. The molecule has 0 aliphatic carbocycles. The Labute approximate surface area is 124 Å². The first kappa shape index (κ1) is 14.0. The molecular formula is C15H21N3O3. The highest BCUT2D eigenvalue weighted by molar-refractivity contribution is 5.95. The van der Waals surface area contributed by atoms with Crippen molar-refractivity contribution in [2.45, 2.75) is 31.8 Å². The lowest BCUT2D eigenvalue weighted by molar-refractivity contribution is 0.0438. The monoisotopic (exact) mass is 291 g/mol. The highest BCUT2D eigenvalue weighted by Gasteiger charge is 2.42. The molecule has 1 aromatic rings. The number of carbonyl (C=O) groups is 2. The first-order chi connectivity index (χ1) is 10.0. The number of rotatable bonds is 1. The number of nitrogens with one attached hydrogen (secondary N) is 1. The average Bonchev–Trinajstić information content (AvgIpc) is 2.89. The third kappa shape index (κ3) is 2.50. The minimum absolute atomic E-state index is 0.0717. The molecule has 1 spiro atoms. The zero-order valence-corrected chi connectivity index (χ0v) is 12.5. The van der Waals surface area contributed by atoms with E-state index in [0.717, 1.165) is 24.1 Å². The largest absolute Gasteiger partial charge is 0.441 e. The second-order valence-corrected chi connectivity index (χ2v) is 6.00. The maximum Gasteiger partial charge on any atom is 0.407 e. The van der Waals surface area contributed by atoms with Crippen molar-refractivity contribution in [3.8, 4) is 0 Å². The van der Waals surface area contributed by atoms with E-state index in [1.807, 2.05) is 35.7 Å². The standard InChI is InChI=1S/C15H21N3O3/c1-11-12(4-8-17(11)2)13(19)18-7-3-5-15(6-9-18)10-16-14(20)21-15/h4,8H,3,5-7,9-10H2,1-2H3,(H,16,20)/t15-/m0/s1. The predicted molar refractivity (Wildman–Crippen MR) is 77.1 cm³/mol. The summed E-state index contributed by atoms with van der Waals surface area (Å²) >= 11 is 0. The van der Waals surface area contributed by atoms with Gasteiger partial charge in [-0.2, -0.15) is 0 Å². The van der Waals surface area contributed by atoms with Crippen LogP contribution in [-0.2, 0) is 11.8 Å². The molecule has 2 aliphatic heterocycles. The molecule has 1 N–H and O–H groups in total. The van der Waals surface area contributed by atoms with Crippen molar-refractivity contribution in [1.29, 1.82) is 0 Å². The summed E-state index contributed by atoms with van der Waals surface area (Å²) in [6.07, 6.45) is 3.93. The SMILES string of the molecule is Cc1c(C(=O)N2CCC[C@]3(CC2)CNC(=O)O3)ccn1C. The van der Waals surface area contributed by atoms with Gasteiger partial charge in [0.05, 0.1) is 12.1 Å². The molecule has 0 bridgehead atoms. The smallest absolute Gasteiger partial charge is 0.407 e. The Morgan fingerprint density at radius 3 is 2.81 bits per heavy atom. The van der Waals surface area contributed by atoms with Crippen LogP contribution < -0.4 is 5.32 Å². The van der Waals surface area contributed by atoms with Crippen molar-refractivity contribution in [2.24, 2.45) is 7.05 Å². The van der Waals surface area contributed by atoms with Crippen LogP contribution >= 0.6 is 0 Å². The van der Waals surface area contributed by atoms with E-state index in [9.17, 15) is 9.59 Å². The van der Waals surface area contributed by atoms with Crippen LogP contribution in [0, 0.1) is 6.92 Å². The molecule has 2 saturated heterocycles. The summed E-state index contributed by atoms with van der Waals surface area (Å²) in [6, 6.07) is 1.87. The minimum Gasteiger partial charge on any atom is -0.441 e. The number of ether oxygens (including phenoxy) is 1. The van der Waals surface area contributed by atoms with Crippen LogP contribution in [0.4, 0.5) is 4.79 Å². The van der Waals surface area contributed by atoms with E-state index in [1.54, 1.807) is 0 Å². The van der Waals surface area contributed by atoms with Gasteiger partial charge in [0.15, 0.2) is 0 Å². The second kappa shape index (κ2) is 5.09. The van der Waals surface area contributed by atoms with E-state index in [4.69, 9.17) is 4.74 Å². The molecule has 6 nitrogen and oxygen atoms in total. The van der Waals surface area contributed by atoms with Gasteiger partial charge in [-0.3, -0.25) is 4.79 Å². The van der Waals surface area contributed by atoms with E-state index < -0.39 is 5.60 Å². The van der Waals surface area contributed by atoms with Gasteiger partial charge in [0.2, 0.25) is 0 Å². The van der Waals surface area contributed by atoms with Gasteiger partial charge in [-0.25, -0.2) is 4.79 Å². The van der Waals surface area contributed by atoms with E-state index in [0.29, 0.717) is 26.1 Å². The van der Waals surface area contributed by atoms with Crippen LogP contribution in [0.25, 0.3) is 0 Å². The van der Waals surface area contributed by atoms with Gasteiger partial charge in [-0.15, -0.1) is 0 Å². The number of aromatic nitrogens is 1. The Morgan fingerprint density at radius 1 is 1.38 bits per heavy atom. The number of amides is 2. The number of hydrogen-bond donors (Lipinski definition) is 1. The lowest BCUT2D eigenvalue weighted by atomic mass is 9.95. The molecule has 3 heterocycles. The molecule has 0 unspecified atom stereocenters. The number of hydrogen-bond acceptors (Lipinski definition) is 3. The van der Waals surface area contributed by atoms with Gasteiger partial charge in [-0.1, -0.05) is 0 Å². The van der Waals surface area contributed by atoms with Crippen LogP contribution in [-0.4, -0.2) is 46.7 Å². The van der Waals surface area contributed by atoms with Crippen molar-refractivity contribution in [1.82, 2.24) is 14.8 Å². The number of nitrogens with zero attached hydrogens (tertiary/aromatic N) is 2. The normalized spacial score (nSPS) is 25.6. The van der Waals surface area contributed by atoms with Gasteiger partial charge >= 0.3 is 6.09 Å². The van der Waals surface area contributed by atoms with Crippen molar-refractivity contribution in [2.75, 3.05) is 19.6 Å². The third-order valence-corrected chi connectivity index (χ3v) is 4.66. The summed E-state index contributed by atoms with van der Waals surface area (Å²) in [5, 5.41) is 2.73. The Morgan fingerprint density at radius 2 is 2.19 bits per heavy atom. The van der Waals surface area contributed by atoms with Crippen LogP contribution in [0.3, 0.4) is 0 Å². The highest BCUT2D eigenvalue weighted by atomic mass is 16.6. The zero-order valence-electron chi connectivity index (χ0n) is 12.5. The Hall–Kier alpha value is -1.98. The van der Waals surface area contributed by atoms with Crippen molar-refractivity contribution in [3.05, 3.63) is 23.5 Å². The summed E-state index contributed by atoms with van der Waals surface area (Å²) < 4.78 is 7.39. The quantitative estimate of drug-likeness (QED) is 0.851. The topological polar surface area (TPSA) is 63.6 Å². The molecule has 2 fully saturated rings. The fourth-order valence-electron chi connectivity index (χ4n) is 3.16. The lowest BCUT2D eigenvalue weighted by Crippen LogP contribution is -2.36. The zero-order chi connectivity index (χ0) is 15.0. The molecule has 0 radical (unpaired) electrons. The highest BCUT2D eigenvalue weighted by Crippen LogP contribution is 2.30. The molecule has 1 aromatic heterocycles. The molecule has 2 amide bonds.